The molecule has 0 saturated heterocycles. The van der Waals surface area contributed by atoms with Gasteiger partial charge in [0, 0.05) is 27.5 Å². The van der Waals surface area contributed by atoms with Crippen LogP contribution in [-0.2, 0) is 11.3 Å². The lowest BCUT2D eigenvalue weighted by Crippen LogP contribution is -2.16. The van der Waals surface area contributed by atoms with Gasteiger partial charge < -0.3 is 5.11 Å². The summed E-state index contributed by atoms with van der Waals surface area (Å²) in [6.07, 6.45) is 0.865. The van der Waals surface area contributed by atoms with E-state index in [1.807, 2.05) is 25.1 Å². The maximum atomic E-state index is 10.9. The highest BCUT2D eigenvalue weighted by Gasteiger charge is 2.17. The number of carbonyl (C=O) groups is 1. The molecule has 1 unspecified atom stereocenters. The molecule has 0 bridgehead atoms. The third-order valence-corrected chi connectivity index (χ3v) is 4.33. The first kappa shape index (κ1) is 16.1. The van der Waals surface area contributed by atoms with Crippen molar-refractivity contribution in [3.8, 4) is 11.4 Å². The molecule has 6 nitrogen and oxygen atoms in total. The zero-order chi connectivity index (χ0) is 15.4. The van der Waals surface area contributed by atoms with Gasteiger partial charge in [-0.3, -0.25) is 4.79 Å². The number of aliphatic carboxylic acids is 1. The van der Waals surface area contributed by atoms with Gasteiger partial charge in [-0.2, -0.15) is 0 Å². The van der Waals surface area contributed by atoms with Gasteiger partial charge in [-0.1, -0.05) is 29.3 Å². The Hall–Kier alpha value is -1.28. The molecular weight excluding hydrogens is 404 g/mol. The molecule has 0 amide bonds. The summed E-state index contributed by atoms with van der Waals surface area (Å²) in [7, 11) is 0. The quantitative estimate of drug-likeness (QED) is 0.779. The Bertz CT molecular complexity index is 645. The van der Waals surface area contributed by atoms with E-state index < -0.39 is 5.97 Å². The van der Waals surface area contributed by atoms with Crippen molar-refractivity contribution >= 4 is 37.8 Å². The zero-order valence-corrected chi connectivity index (χ0v) is 14.5. The summed E-state index contributed by atoms with van der Waals surface area (Å²) in [6.45, 7) is 2.45. The third-order valence-electron chi connectivity index (χ3n) is 3.18. The minimum atomic E-state index is -0.804. The fraction of sp³-hybridized carbons (Fsp3) is 0.385. The molecule has 1 aromatic heterocycles. The second-order valence-electron chi connectivity index (χ2n) is 4.68. The molecule has 1 N–H and O–H groups in total. The fourth-order valence-electron chi connectivity index (χ4n) is 2.02. The van der Waals surface area contributed by atoms with Crippen LogP contribution in [0.1, 0.15) is 19.8 Å². The predicted octanol–water partition coefficient (Wildman–Crippen LogP) is 3.37. The number of rotatable bonds is 6. The summed E-state index contributed by atoms with van der Waals surface area (Å²) >= 11 is 6.90. The topological polar surface area (TPSA) is 80.9 Å². The summed E-state index contributed by atoms with van der Waals surface area (Å²) in [5.74, 6) is -0.182. The van der Waals surface area contributed by atoms with Crippen molar-refractivity contribution in [2.24, 2.45) is 5.92 Å². The molecule has 1 aromatic carbocycles. The molecule has 2 rings (SSSR count). The first-order chi connectivity index (χ1) is 10.0. The van der Waals surface area contributed by atoms with Crippen LogP contribution in [0.25, 0.3) is 11.4 Å². The third kappa shape index (κ3) is 4.10. The molecule has 0 aliphatic heterocycles. The maximum absolute atomic E-state index is 10.9. The Balaban J connectivity index is 2.27. The van der Waals surface area contributed by atoms with E-state index in [4.69, 9.17) is 5.11 Å². The van der Waals surface area contributed by atoms with Gasteiger partial charge in [0.05, 0.1) is 0 Å². The largest absolute Gasteiger partial charge is 0.481 e. The second kappa shape index (κ2) is 7.13. The summed E-state index contributed by atoms with van der Waals surface area (Å²) in [6, 6.07) is 5.74. The minimum Gasteiger partial charge on any atom is -0.481 e. The highest BCUT2D eigenvalue weighted by molar-refractivity contribution is 9.11. The lowest BCUT2D eigenvalue weighted by Gasteiger charge is -2.13. The molecule has 0 radical (unpaired) electrons. The van der Waals surface area contributed by atoms with Gasteiger partial charge in [-0.05, 0) is 50.5 Å². The zero-order valence-electron chi connectivity index (χ0n) is 11.3. The van der Waals surface area contributed by atoms with E-state index in [2.05, 4.69) is 47.4 Å². The van der Waals surface area contributed by atoms with Gasteiger partial charge in [-0.15, -0.1) is 5.10 Å². The van der Waals surface area contributed by atoms with Crippen LogP contribution in [0.2, 0.25) is 0 Å². The van der Waals surface area contributed by atoms with Crippen molar-refractivity contribution in [3.05, 3.63) is 27.1 Å². The molecule has 8 heteroatoms. The second-order valence-corrected chi connectivity index (χ2v) is 6.45. The molecule has 0 aliphatic rings. The van der Waals surface area contributed by atoms with Crippen LogP contribution in [-0.4, -0.2) is 31.3 Å². The highest BCUT2D eigenvalue weighted by atomic mass is 79.9. The Kier molecular flexibility index (Phi) is 5.46. The SMILES string of the molecule is CCC(CC(=O)O)Cn1nnnc1-c1ccc(Br)cc1Br. The van der Waals surface area contributed by atoms with Crippen molar-refractivity contribution in [2.75, 3.05) is 0 Å². The van der Waals surface area contributed by atoms with E-state index in [9.17, 15) is 4.79 Å². The van der Waals surface area contributed by atoms with Gasteiger partial charge >= 0.3 is 5.97 Å². The van der Waals surface area contributed by atoms with Crippen molar-refractivity contribution in [3.63, 3.8) is 0 Å². The average Bonchev–Trinajstić information content (AvgIpc) is 2.85. The first-order valence-electron chi connectivity index (χ1n) is 6.44. The summed E-state index contributed by atoms with van der Waals surface area (Å²) in [5.41, 5.74) is 0.869. The molecule has 2 aromatic rings. The fourth-order valence-corrected chi connectivity index (χ4v) is 3.25. The van der Waals surface area contributed by atoms with E-state index in [-0.39, 0.29) is 12.3 Å². The van der Waals surface area contributed by atoms with Gasteiger partial charge in [0.1, 0.15) is 0 Å². The number of benzene rings is 1. The van der Waals surface area contributed by atoms with Crippen LogP contribution < -0.4 is 0 Å². The lowest BCUT2D eigenvalue weighted by atomic mass is 10.0. The van der Waals surface area contributed by atoms with Gasteiger partial charge in [0.25, 0.3) is 0 Å². The van der Waals surface area contributed by atoms with E-state index in [1.165, 1.54) is 0 Å². The number of carboxylic acids is 1. The van der Waals surface area contributed by atoms with Crippen LogP contribution >= 0.6 is 31.9 Å². The van der Waals surface area contributed by atoms with Gasteiger partial charge in [-0.25, -0.2) is 4.68 Å². The van der Waals surface area contributed by atoms with Crippen molar-refractivity contribution in [1.82, 2.24) is 20.2 Å². The molecule has 0 spiro atoms. The van der Waals surface area contributed by atoms with Crippen LogP contribution in [0.5, 0.6) is 0 Å². The van der Waals surface area contributed by atoms with Crippen LogP contribution in [0.3, 0.4) is 0 Å². The molecule has 0 fully saturated rings. The van der Waals surface area contributed by atoms with Crippen molar-refractivity contribution in [1.29, 1.82) is 0 Å². The predicted molar refractivity (Wildman–Crippen MR) is 84.7 cm³/mol. The van der Waals surface area contributed by atoms with E-state index in [0.717, 1.165) is 20.9 Å². The van der Waals surface area contributed by atoms with Crippen LogP contribution in [0, 0.1) is 5.92 Å². The number of hydrogen-bond donors (Lipinski definition) is 1. The Morgan fingerprint density at radius 2 is 2.19 bits per heavy atom. The Morgan fingerprint density at radius 3 is 2.81 bits per heavy atom. The van der Waals surface area contributed by atoms with Crippen molar-refractivity contribution < 1.29 is 9.90 Å². The average molecular weight is 418 g/mol. The van der Waals surface area contributed by atoms with Crippen molar-refractivity contribution in [2.45, 2.75) is 26.3 Å². The maximum Gasteiger partial charge on any atom is 0.303 e. The lowest BCUT2D eigenvalue weighted by molar-refractivity contribution is -0.138. The minimum absolute atomic E-state index is 0.000950. The molecule has 1 heterocycles. The molecule has 21 heavy (non-hydrogen) atoms. The van der Waals surface area contributed by atoms with E-state index in [1.54, 1.807) is 4.68 Å². The number of carboxylic acid groups (broad SMARTS) is 1. The summed E-state index contributed by atoms with van der Waals surface area (Å²) < 4.78 is 3.49. The normalized spacial score (nSPS) is 12.3. The Morgan fingerprint density at radius 1 is 1.43 bits per heavy atom. The number of nitrogens with zero attached hydrogens (tertiary/aromatic N) is 4. The van der Waals surface area contributed by atoms with Crippen LogP contribution in [0.4, 0.5) is 0 Å². The number of hydrogen-bond acceptors (Lipinski definition) is 4. The molecule has 0 saturated carbocycles. The molecule has 1 atom stereocenters. The highest BCUT2D eigenvalue weighted by Crippen LogP contribution is 2.29. The standard InChI is InChI=1S/C13H14Br2N4O2/c1-2-8(5-12(20)21)7-19-13(16-17-18-19)10-4-3-9(14)6-11(10)15/h3-4,6,8H,2,5,7H2,1H3,(H,20,21). The molecular formula is C13H14Br2N4O2. The Labute approximate surface area is 138 Å². The number of aromatic nitrogens is 4. The van der Waals surface area contributed by atoms with E-state index >= 15 is 0 Å². The summed E-state index contributed by atoms with van der Waals surface area (Å²) in [4.78, 5) is 10.9. The van der Waals surface area contributed by atoms with Gasteiger partial charge in [0.2, 0.25) is 0 Å². The molecule has 0 aliphatic carbocycles. The summed E-state index contributed by atoms with van der Waals surface area (Å²) in [5, 5.41) is 20.7. The number of halogens is 2. The first-order valence-corrected chi connectivity index (χ1v) is 8.03. The number of tetrazole rings is 1. The van der Waals surface area contributed by atoms with Crippen LogP contribution in [0.15, 0.2) is 27.1 Å². The molecule has 112 valence electrons. The monoisotopic (exact) mass is 416 g/mol. The van der Waals surface area contributed by atoms with Gasteiger partial charge in [0.15, 0.2) is 5.82 Å². The van der Waals surface area contributed by atoms with E-state index in [0.29, 0.717) is 12.4 Å². The smallest absolute Gasteiger partial charge is 0.303 e.